The minimum atomic E-state index is -0.779. The predicted octanol–water partition coefficient (Wildman–Crippen LogP) is 35.4. The molecule has 0 aromatic heterocycles. The van der Waals surface area contributed by atoms with Gasteiger partial charge in [0.25, 0.3) is 0 Å². The summed E-state index contributed by atoms with van der Waals surface area (Å²) in [5.41, 5.74) is 18.6. The second-order valence-corrected chi connectivity index (χ2v) is 39.9. The Morgan fingerprint density at radius 1 is 0.359 bits per heavy atom. The molecule has 21 rings (SSSR count). The molecule has 12 heteroatoms. The number of anilines is 9. The minimum Gasteiger partial charge on any atom is -0.457 e. The van der Waals surface area contributed by atoms with Crippen molar-refractivity contribution >= 4 is 173 Å². The molecule has 0 N–H and O–H groups in total. The van der Waals surface area contributed by atoms with E-state index in [2.05, 4.69) is 384 Å². The summed E-state index contributed by atoms with van der Waals surface area (Å²) in [6.45, 7) is 38.8. The zero-order valence-corrected chi connectivity index (χ0v) is 77.1. The van der Waals surface area contributed by atoms with Crippen molar-refractivity contribution in [2.45, 2.75) is 126 Å². The Labute approximate surface area is 772 Å². The van der Waals surface area contributed by atoms with Crippen molar-refractivity contribution in [2.24, 2.45) is 5.41 Å². The van der Waals surface area contributed by atoms with E-state index in [9.17, 15) is 9.59 Å². The number of benzene rings is 18. The number of ether oxygens (including phenoxy) is 5. The number of carbonyl (C=O) groups excluding carboxylic acids is 2. The standard InChI is InChI=1S/C119H97N3O7S2/c1-69(2)62-72(7)74-32-48-83(49-33-74)128-101-65-97(120(78-40-44-80(45-41-78)121-93-24-16-20-28-102(93)130-103-29-21-17-25-94(103)121)79-42-46-81(47-43-79)122-95-26-18-22-30-104(95)131-105-31-23-19-27-96(105)122)86-60-61-98(125-84-52-36-76(37-53-84)118(12,13)66-70(3)4)109-87-56-58-89-107-90(59-57-88(106(87)107)110(101)113(86)109)112-100(127-85-54-38-77(39-55-85)119(14,15)67-71(5)6)64-92-108-91(115(123)129-116(92)124)63-99(111(89)114(108)112)126-82-50-34-75(35-51-82)73(8)68-117(9,10)11/h16-65,68H,1,3,5,66-67H2,2,4,6-15H3/b72-62+,73-68+. The van der Waals surface area contributed by atoms with Gasteiger partial charge in [-0.05, 0) is 299 Å². The molecule has 18 aromatic carbocycles. The third-order valence-corrected chi connectivity index (χ3v) is 27.9. The van der Waals surface area contributed by atoms with Crippen LogP contribution in [0, 0.1) is 5.41 Å². The Morgan fingerprint density at radius 3 is 1.08 bits per heavy atom. The quantitative estimate of drug-likeness (QED) is 0.0162. The Hall–Kier alpha value is -14.6. The molecule has 3 heterocycles. The summed E-state index contributed by atoms with van der Waals surface area (Å²) in [5, 5.41) is 11.0. The first-order chi connectivity index (χ1) is 63.1. The lowest BCUT2D eigenvalue weighted by Crippen LogP contribution is -2.20. The van der Waals surface area contributed by atoms with Crippen LogP contribution >= 0.6 is 23.5 Å². The number of allylic oxidation sites excluding steroid dienone is 7. The van der Waals surface area contributed by atoms with Crippen LogP contribution in [0.15, 0.2) is 365 Å². The minimum absolute atomic E-state index is 0.0649. The first kappa shape index (κ1) is 83.4. The van der Waals surface area contributed by atoms with Gasteiger partial charge in [-0.25, -0.2) is 9.59 Å². The van der Waals surface area contributed by atoms with Gasteiger partial charge >= 0.3 is 11.9 Å². The van der Waals surface area contributed by atoms with Crippen molar-refractivity contribution in [3.63, 3.8) is 0 Å². The number of hydrogen-bond donors (Lipinski definition) is 0. The van der Waals surface area contributed by atoms with E-state index in [-0.39, 0.29) is 27.4 Å². The molecule has 131 heavy (non-hydrogen) atoms. The molecule has 0 aliphatic carbocycles. The van der Waals surface area contributed by atoms with Crippen molar-refractivity contribution in [1.82, 2.24) is 0 Å². The number of esters is 2. The largest absolute Gasteiger partial charge is 0.457 e. The fourth-order valence-corrected chi connectivity index (χ4v) is 22.4. The molecule has 3 aliphatic rings. The summed E-state index contributed by atoms with van der Waals surface area (Å²) < 4.78 is 36.0. The van der Waals surface area contributed by atoms with Gasteiger partial charge in [0.1, 0.15) is 46.0 Å². The maximum absolute atomic E-state index is 14.8. The van der Waals surface area contributed by atoms with Crippen LogP contribution < -0.4 is 33.6 Å². The van der Waals surface area contributed by atoms with Crippen LogP contribution in [0.4, 0.5) is 51.2 Å². The van der Waals surface area contributed by atoms with Crippen LogP contribution in [0.5, 0.6) is 46.0 Å². The Balaban J connectivity index is 0.869. The maximum atomic E-state index is 14.8. The smallest absolute Gasteiger partial charge is 0.346 e. The molecule has 0 saturated carbocycles. The van der Waals surface area contributed by atoms with E-state index < -0.39 is 11.9 Å². The van der Waals surface area contributed by atoms with Crippen LogP contribution in [-0.4, -0.2) is 11.9 Å². The van der Waals surface area contributed by atoms with E-state index in [0.29, 0.717) is 67.5 Å². The number of para-hydroxylation sites is 4. The molecule has 0 amide bonds. The van der Waals surface area contributed by atoms with E-state index in [4.69, 9.17) is 23.7 Å². The molecule has 0 unspecified atom stereocenters. The van der Waals surface area contributed by atoms with Crippen molar-refractivity contribution in [3.05, 3.63) is 379 Å². The molecule has 0 atom stereocenters. The highest BCUT2D eigenvalue weighted by atomic mass is 32.2. The SMILES string of the molecule is C=C(C)/C=C(\C)c1ccc(Oc2cc(N(c3ccc(N4c5ccccc5Sc5ccccc54)cc3)c3ccc(N4c5ccccc5Sc5ccccc54)cc3)c3ccc(Oc4ccc(C(C)(C)CC(=C)C)cc4)c4c5ccc6c7c(Oc8ccc(/C(C)=C/C(C)(C)C)cc8)cc8c9c(cc(Oc%10ccc(C(C)(C)CC(=C)C)cc%10)c(c%10ccc(c2c34)c5c6%10)c97)C(=O)OC8=O)cc1. The van der Waals surface area contributed by atoms with Crippen molar-refractivity contribution in [1.29, 1.82) is 0 Å². The monoisotopic (exact) mass is 1740 g/mol. The highest BCUT2D eigenvalue weighted by Crippen LogP contribution is 2.61. The zero-order chi connectivity index (χ0) is 90.4. The third kappa shape index (κ3) is 14.9. The van der Waals surface area contributed by atoms with Gasteiger partial charge in [0.15, 0.2) is 0 Å². The number of nitrogens with zero attached hydrogens (tertiary/aromatic N) is 3. The van der Waals surface area contributed by atoms with Crippen molar-refractivity contribution in [3.8, 4) is 46.0 Å². The van der Waals surface area contributed by atoms with Gasteiger partial charge in [0.2, 0.25) is 0 Å². The second-order valence-electron chi connectivity index (χ2n) is 37.7. The topological polar surface area (TPSA) is 90.0 Å². The number of hydrogen-bond acceptors (Lipinski definition) is 12. The lowest BCUT2D eigenvalue weighted by Gasteiger charge is -2.34. The van der Waals surface area contributed by atoms with E-state index in [1.54, 1.807) is 35.7 Å². The Kier molecular flexibility index (Phi) is 20.5. The maximum Gasteiger partial charge on any atom is 0.346 e. The van der Waals surface area contributed by atoms with Gasteiger partial charge < -0.3 is 38.4 Å². The summed E-state index contributed by atoms with van der Waals surface area (Å²) in [6, 6.07) is 105. The first-order valence-electron chi connectivity index (χ1n) is 44.6. The first-order valence-corrected chi connectivity index (χ1v) is 46.2. The van der Waals surface area contributed by atoms with Gasteiger partial charge in [-0.15, -0.1) is 13.2 Å². The van der Waals surface area contributed by atoms with Gasteiger partial charge in [0, 0.05) is 91.5 Å². The zero-order valence-electron chi connectivity index (χ0n) is 75.5. The molecular weight excluding hydrogens is 1650 g/mol. The van der Waals surface area contributed by atoms with Crippen LogP contribution in [0.2, 0.25) is 0 Å². The third-order valence-electron chi connectivity index (χ3n) is 25.6. The summed E-state index contributed by atoms with van der Waals surface area (Å²) >= 11 is 3.58. The normalized spacial score (nSPS) is 13.4. The van der Waals surface area contributed by atoms with Crippen LogP contribution in [0.25, 0.3) is 86.6 Å². The highest BCUT2D eigenvalue weighted by Gasteiger charge is 2.37. The number of cyclic esters (lactones) is 2. The average molecular weight is 1750 g/mol. The van der Waals surface area contributed by atoms with E-state index >= 15 is 0 Å². The lowest BCUT2D eigenvalue weighted by atomic mass is 9.79. The summed E-state index contributed by atoms with van der Waals surface area (Å²) in [6.07, 6.45) is 5.97. The summed E-state index contributed by atoms with van der Waals surface area (Å²) in [7, 11) is 0. The number of fused-ring (bicyclic) bond motifs is 8. The Bertz CT molecular complexity index is 7620. The summed E-state index contributed by atoms with van der Waals surface area (Å²) in [4.78, 5) is 41.5. The van der Waals surface area contributed by atoms with E-state index in [1.165, 1.54) is 19.6 Å². The molecule has 18 aromatic rings. The molecule has 642 valence electrons. The van der Waals surface area contributed by atoms with Gasteiger partial charge in [0.05, 0.1) is 39.6 Å². The second kappa shape index (κ2) is 32.3. The van der Waals surface area contributed by atoms with Gasteiger partial charge in [-0.1, -0.05) is 229 Å². The van der Waals surface area contributed by atoms with Gasteiger partial charge in [-0.2, -0.15) is 0 Å². The van der Waals surface area contributed by atoms with E-state index in [1.807, 2.05) is 31.2 Å². The molecule has 0 bridgehead atoms. The van der Waals surface area contributed by atoms with Crippen LogP contribution in [0.1, 0.15) is 139 Å². The van der Waals surface area contributed by atoms with Crippen molar-refractivity contribution < 1.29 is 33.3 Å². The fraction of sp³-hybridized carbons (Fsp3) is 0.143. The average Bonchev–Trinajstić information content (AvgIpc) is 0.672. The predicted molar refractivity (Wildman–Crippen MR) is 546 cm³/mol. The number of carbonyl (C=O) groups is 2. The molecule has 0 radical (unpaired) electrons. The lowest BCUT2D eigenvalue weighted by molar-refractivity contribution is 0.0390. The Morgan fingerprint density at radius 2 is 0.702 bits per heavy atom. The van der Waals surface area contributed by atoms with Crippen LogP contribution in [0.3, 0.4) is 0 Å². The fourth-order valence-electron chi connectivity index (χ4n) is 20.3. The van der Waals surface area contributed by atoms with Crippen molar-refractivity contribution in [2.75, 3.05) is 14.7 Å². The highest BCUT2D eigenvalue weighted by molar-refractivity contribution is 8.00. The molecule has 10 nitrogen and oxygen atoms in total. The molecule has 0 saturated heterocycles. The van der Waals surface area contributed by atoms with E-state index in [0.717, 1.165) is 168 Å². The van der Waals surface area contributed by atoms with Gasteiger partial charge in [-0.3, -0.25) is 0 Å². The summed E-state index contributed by atoms with van der Waals surface area (Å²) in [5.74, 6) is 2.73. The van der Waals surface area contributed by atoms with Crippen LogP contribution in [-0.2, 0) is 15.6 Å². The molecule has 3 aliphatic heterocycles. The molecule has 0 spiro atoms. The number of rotatable bonds is 22. The molecule has 0 fully saturated rings. The molecular formula is C119H97N3O7S2.